The Kier molecular flexibility index (Phi) is 13.4. The van der Waals surface area contributed by atoms with Crippen LogP contribution in [-0.2, 0) is 17.5 Å². The predicted octanol–water partition coefficient (Wildman–Crippen LogP) is 8.43. The van der Waals surface area contributed by atoms with E-state index in [2.05, 4.69) is 10.6 Å². The van der Waals surface area contributed by atoms with Gasteiger partial charge in [-0.25, -0.2) is 4.79 Å². The Morgan fingerprint density at radius 1 is 1.00 bits per heavy atom. The zero-order valence-corrected chi connectivity index (χ0v) is 30.7. The van der Waals surface area contributed by atoms with Gasteiger partial charge in [-0.1, -0.05) is 55.5 Å². The number of hydrogen-bond acceptors (Lipinski definition) is 6. The van der Waals surface area contributed by atoms with E-state index in [0.29, 0.717) is 36.8 Å². The van der Waals surface area contributed by atoms with Gasteiger partial charge in [0.1, 0.15) is 5.75 Å². The Bertz CT molecular complexity index is 1830. The number of halogens is 3. The number of benzene rings is 4. The summed E-state index contributed by atoms with van der Waals surface area (Å²) in [5, 5.41) is 17.9. The number of nitrogens with one attached hydrogen (secondary N) is 2. The molecular formula is C41H49F3N4O5. The van der Waals surface area contributed by atoms with Gasteiger partial charge in [-0.05, 0) is 87.5 Å². The topological polar surface area (TPSA) is 103 Å². The second-order valence-electron chi connectivity index (χ2n) is 14.0. The van der Waals surface area contributed by atoms with Crippen LogP contribution >= 0.6 is 0 Å². The number of rotatable bonds is 8. The molecule has 53 heavy (non-hydrogen) atoms. The van der Waals surface area contributed by atoms with Crippen molar-refractivity contribution in [1.82, 2.24) is 9.80 Å². The summed E-state index contributed by atoms with van der Waals surface area (Å²) in [4.78, 5) is 31.3. The molecule has 0 saturated carbocycles. The first-order valence-electron chi connectivity index (χ1n) is 18.1. The molecule has 0 saturated heterocycles. The maximum Gasteiger partial charge on any atom is 0.416 e. The molecule has 9 nitrogen and oxygen atoms in total. The van der Waals surface area contributed by atoms with Crippen LogP contribution in [0.2, 0.25) is 0 Å². The van der Waals surface area contributed by atoms with Gasteiger partial charge in [-0.3, -0.25) is 9.69 Å². The third-order valence-corrected chi connectivity index (χ3v) is 9.57. The largest absolute Gasteiger partial charge is 0.490 e. The van der Waals surface area contributed by atoms with Crippen molar-refractivity contribution in [2.45, 2.75) is 71.0 Å². The number of carbonyl (C=O) groups is 2. The Morgan fingerprint density at radius 2 is 1.74 bits per heavy atom. The predicted molar refractivity (Wildman–Crippen MR) is 201 cm³/mol. The zero-order chi connectivity index (χ0) is 38.1. The van der Waals surface area contributed by atoms with Crippen LogP contribution in [0.1, 0.15) is 61.5 Å². The van der Waals surface area contributed by atoms with Crippen LogP contribution in [-0.4, -0.2) is 78.4 Å². The first kappa shape index (κ1) is 39.6. The highest BCUT2D eigenvalue weighted by atomic mass is 19.4. The summed E-state index contributed by atoms with van der Waals surface area (Å²) in [6, 6.07) is 22.5. The SMILES string of the molecule is C[C@@H]1CCCCO[C@@H](CN(C)Cc2ccc(C(F)(F)F)cc2)[C@H](C)CN([C@H](C)CO)C(=O)c2cc(NC(=O)Nc3cccc4ccccc34)ccc2O1. The van der Waals surface area contributed by atoms with Crippen molar-refractivity contribution in [3.63, 3.8) is 0 Å². The molecule has 1 aliphatic rings. The number of urea groups is 1. The minimum absolute atomic E-state index is 0.193. The molecule has 5 rings (SSSR count). The molecule has 0 unspecified atom stereocenters. The lowest BCUT2D eigenvalue weighted by Crippen LogP contribution is -2.47. The molecule has 0 fully saturated rings. The zero-order valence-electron chi connectivity index (χ0n) is 30.7. The van der Waals surface area contributed by atoms with Crippen molar-refractivity contribution in [2.75, 3.05) is 44.0 Å². The van der Waals surface area contributed by atoms with Gasteiger partial charge in [0.25, 0.3) is 5.91 Å². The number of anilines is 2. The number of aliphatic hydroxyl groups is 1. The molecule has 0 aromatic heterocycles. The first-order chi connectivity index (χ1) is 25.3. The molecule has 4 aromatic carbocycles. The second kappa shape index (κ2) is 17.9. The van der Waals surface area contributed by atoms with Crippen molar-refractivity contribution in [3.8, 4) is 5.75 Å². The number of carbonyl (C=O) groups excluding carboxylic acids is 2. The van der Waals surface area contributed by atoms with Crippen molar-refractivity contribution >= 4 is 34.1 Å². The highest BCUT2D eigenvalue weighted by molar-refractivity contribution is 6.07. The average Bonchev–Trinajstić information content (AvgIpc) is 3.12. The maximum absolute atomic E-state index is 14.5. The average molecular weight is 735 g/mol. The van der Waals surface area contributed by atoms with Crippen molar-refractivity contribution in [3.05, 3.63) is 102 Å². The smallest absolute Gasteiger partial charge is 0.416 e. The van der Waals surface area contributed by atoms with Crippen LogP contribution in [0.4, 0.5) is 29.3 Å². The summed E-state index contributed by atoms with van der Waals surface area (Å²) in [6.45, 7) is 7.03. The first-order valence-corrected chi connectivity index (χ1v) is 18.1. The van der Waals surface area contributed by atoms with E-state index in [1.165, 1.54) is 12.1 Å². The Labute approximate surface area is 309 Å². The maximum atomic E-state index is 14.5. The molecule has 12 heteroatoms. The van der Waals surface area contributed by atoms with Gasteiger partial charge in [-0.15, -0.1) is 0 Å². The van der Waals surface area contributed by atoms with E-state index in [9.17, 15) is 27.9 Å². The molecule has 0 aliphatic carbocycles. The van der Waals surface area contributed by atoms with E-state index in [1.807, 2.05) is 68.3 Å². The Hall–Kier alpha value is -4.65. The van der Waals surface area contributed by atoms with E-state index >= 15 is 0 Å². The summed E-state index contributed by atoms with van der Waals surface area (Å²) < 4.78 is 52.1. The number of fused-ring (bicyclic) bond motifs is 2. The number of ether oxygens (including phenoxy) is 2. The van der Waals surface area contributed by atoms with E-state index in [1.54, 1.807) is 30.0 Å². The lowest BCUT2D eigenvalue weighted by Gasteiger charge is -2.36. The highest BCUT2D eigenvalue weighted by Gasteiger charge is 2.32. The van der Waals surface area contributed by atoms with Gasteiger partial charge >= 0.3 is 12.2 Å². The van der Waals surface area contributed by atoms with Gasteiger partial charge < -0.3 is 30.1 Å². The Morgan fingerprint density at radius 3 is 2.47 bits per heavy atom. The third-order valence-electron chi connectivity index (χ3n) is 9.57. The molecule has 1 heterocycles. The molecular weight excluding hydrogens is 685 g/mol. The minimum Gasteiger partial charge on any atom is -0.490 e. The normalized spacial score (nSPS) is 19.6. The van der Waals surface area contributed by atoms with Gasteiger partial charge in [0.2, 0.25) is 0 Å². The molecule has 1 aliphatic heterocycles. The van der Waals surface area contributed by atoms with Gasteiger partial charge in [0.15, 0.2) is 0 Å². The lowest BCUT2D eigenvalue weighted by molar-refractivity contribution is -0.137. The van der Waals surface area contributed by atoms with Crippen molar-refractivity contribution in [2.24, 2.45) is 5.92 Å². The van der Waals surface area contributed by atoms with E-state index in [-0.39, 0.29) is 42.7 Å². The standard InChI is InChI=1S/C41H49F3N4O5/c1-27-23-48(28(2)26-49)39(50)35-22-33(45-40(51)46-36-14-9-12-31-11-5-6-13-34(31)36)19-20-37(35)53-29(3)10-7-8-21-52-38(27)25-47(4)24-30-15-17-32(18-16-30)41(42,43)44/h5-6,9,11-20,22,27-29,38,49H,7-8,10,21,23-26H2,1-4H3,(H2,45,46,51)/t27-,28-,29-,38+/m1/s1. The summed E-state index contributed by atoms with van der Waals surface area (Å²) in [5.74, 6) is -0.180. The fraction of sp³-hybridized carbons (Fsp3) is 0.415. The summed E-state index contributed by atoms with van der Waals surface area (Å²) in [5.41, 5.74) is 1.33. The number of likely N-dealkylation sites (N-methyl/N-ethyl adjacent to an activating group) is 1. The van der Waals surface area contributed by atoms with Crippen LogP contribution < -0.4 is 15.4 Å². The monoisotopic (exact) mass is 734 g/mol. The molecule has 3 N–H and O–H groups in total. The van der Waals surface area contributed by atoms with E-state index < -0.39 is 23.8 Å². The lowest BCUT2D eigenvalue weighted by atomic mass is 10.0. The van der Waals surface area contributed by atoms with Crippen LogP contribution in [0, 0.1) is 5.92 Å². The number of nitrogens with zero attached hydrogens (tertiary/aromatic N) is 2. The summed E-state index contributed by atoms with van der Waals surface area (Å²) in [7, 11) is 1.89. The molecule has 3 amide bonds. The number of aliphatic hydroxyl groups excluding tert-OH is 1. The molecule has 0 radical (unpaired) electrons. The van der Waals surface area contributed by atoms with Gasteiger partial charge in [-0.2, -0.15) is 13.2 Å². The van der Waals surface area contributed by atoms with Crippen molar-refractivity contribution < 1.29 is 37.3 Å². The quantitative estimate of drug-likeness (QED) is 0.168. The fourth-order valence-electron chi connectivity index (χ4n) is 6.56. The van der Waals surface area contributed by atoms with Crippen LogP contribution in [0.3, 0.4) is 0 Å². The molecule has 284 valence electrons. The van der Waals surface area contributed by atoms with E-state index in [4.69, 9.17) is 9.47 Å². The summed E-state index contributed by atoms with van der Waals surface area (Å²) >= 11 is 0. The Balaban J connectivity index is 1.36. The number of hydrogen-bond donors (Lipinski definition) is 3. The number of amides is 3. The molecule has 0 bridgehead atoms. The molecule has 4 atom stereocenters. The van der Waals surface area contributed by atoms with Crippen LogP contribution in [0.25, 0.3) is 10.8 Å². The fourth-order valence-corrected chi connectivity index (χ4v) is 6.56. The second-order valence-corrected chi connectivity index (χ2v) is 14.0. The highest BCUT2D eigenvalue weighted by Crippen LogP contribution is 2.31. The summed E-state index contributed by atoms with van der Waals surface area (Å²) in [6.07, 6.45) is -2.60. The third kappa shape index (κ3) is 10.7. The van der Waals surface area contributed by atoms with E-state index in [0.717, 1.165) is 47.7 Å². The minimum atomic E-state index is -4.40. The van der Waals surface area contributed by atoms with Crippen LogP contribution in [0.5, 0.6) is 5.75 Å². The molecule has 4 aromatic rings. The van der Waals surface area contributed by atoms with Gasteiger partial charge in [0.05, 0.1) is 41.7 Å². The van der Waals surface area contributed by atoms with Gasteiger partial charge in [0, 0.05) is 43.2 Å². The van der Waals surface area contributed by atoms with Crippen molar-refractivity contribution in [1.29, 1.82) is 0 Å². The number of alkyl halides is 3. The van der Waals surface area contributed by atoms with Crippen LogP contribution in [0.15, 0.2) is 84.9 Å². The molecule has 0 spiro atoms.